The number of nitrogens with two attached hydrogens (primary N) is 1. The molecule has 3 rings (SSSR count). The van der Waals surface area contributed by atoms with Crippen molar-refractivity contribution in [2.75, 3.05) is 12.3 Å². The number of fused-ring (bicyclic) bond motifs is 1. The third-order valence-electron chi connectivity index (χ3n) is 3.22. The average Bonchev–Trinajstić information content (AvgIpc) is 2.77. The summed E-state index contributed by atoms with van der Waals surface area (Å²) in [6, 6.07) is 4.23. The molecule has 20 heavy (non-hydrogen) atoms. The van der Waals surface area contributed by atoms with E-state index in [0.717, 1.165) is 11.3 Å². The Morgan fingerprint density at radius 3 is 3.05 bits per heavy atom. The quantitative estimate of drug-likeness (QED) is 0.676. The largest absolute Gasteiger partial charge is 0.382 e. The summed E-state index contributed by atoms with van der Waals surface area (Å²) in [6.07, 6.45) is 0.637. The number of nitro benzene ring substituents is 1. The van der Waals surface area contributed by atoms with Gasteiger partial charge in [0.2, 0.25) is 0 Å². The molecule has 0 unspecified atom stereocenters. The summed E-state index contributed by atoms with van der Waals surface area (Å²) in [6.45, 7) is 0.957. The van der Waals surface area contributed by atoms with Crippen LogP contribution in [-0.4, -0.2) is 21.3 Å². The lowest BCUT2D eigenvalue weighted by molar-refractivity contribution is -0.384. The molecule has 0 fully saturated rings. The number of hydrogen-bond acceptors (Lipinski definition) is 5. The van der Waals surface area contributed by atoms with E-state index in [4.69, 9.17) is 22.1 Å². The van der Waals surface area contributed by atoms with Gasteiger partial charge in [-0.3, -0.25) is 10.1 Å². The minimum atomic E-state index is -0.470. The molecule has 8 heteroatoms. The third-order valence-corrected chi connectivity index (χ3v) is 3.54. The number of nitro groups is 1. The van der Waals surface area contributed by atoms with Crippen molar-refractivity contribution in [2.45, 2.75) is 13.0 Å². The van der Waals surface area contributed by atoms with Gasteiger partial charge in [-0.1, -0.05) is 11.6 Å². The van der Waals surface area contributed by atoms with Gasteiger partial charge >= 0.3 is 0 Å². The van der Waals surface area contributed by atoms with E-state index in [-0.39, 0.29) is 5.69 Å². The number of ether oxygens (including phenoxy) is 1. The van der Waals surface area contributed by atoms with Gasteiger partial charge in [0.1, 0.15) is 0 Å². The zero-order chi connectivity index (χ0) is 14.3. The normalized spacial score (nSPS) is 14.1. The number of benzene rings is 1. The van der Waals surface area contributed by atoms with Crippen LogP contribution in [0.15, 0.2) is 18.2 Å². The highest BCUT2D eigenvalue weighted by Crippen LogP contribution is 2.30. The lowest BCUT2D eigenvalue weighted by atomic mass is 10.1. The van der Waals surface area contributed by atoms with Crippen molar-refractivity contribution in [3.63, 3.8) is 0 Å². The molecule has 2 heterocycles. The van der Waals surface area contributed by atoms with Crippen LogP contribution in [0.3, 0.4) is 0 Å². The van der Waals surface area contributed by atoms with E-state index < -0.39 is 4.92 Å². The van der Waals surface area contributed by atoms with Crippen LogP contribution >= 0.6 is 11.6 Å². The molecule has 7 nitrogen and oxygen atoms in total. The van der Waals surface area contributed by atoms with Gasteiger partial charge in [0, 0.05) is 24.1 Å². The Morgan fingerprint density at radius 2 is 2.30 bits per heavy atom. The maximum atomic E-state index is 10.9. The first-order valence-corrected chi connectivity index (χ1v) is 6.34. The minimum Gasteiger partial charge on any atom is -0.382 e. The maximum absolute atomic E-state index is 10.9. The lowest BCUT2D eigenvalue weighted by Crippen LogP contribution is -2.13. The summed E-state index contributed by atoms with van der Waals surface area (Å²) in [5.41, 5.74) is 7.97. The number of anilines is 1. The van der Waals surface area contributed by atoms with Crippen LogP contribution in [0.1, 0.15) is 11.3 Å². The number of hydrogen-bond donors (Lipinski definition) is 1. The number of aromatic nitrogens is 2. The summed E-state index contributed by atoms with van der Waals surface area (Å²) in [5, 5.41) is 15.5. The first-order chi connectivity index (χ1) is 9.58. The Hall–Kier alpha value is -2.12. The fraction of sp³-hybridized carbons (Fsp3) is 0.250. The molecule has 2 aromatic rings. The van der Waals surface area contributed by atoms with Crippen molar-refractivity contribution < 1.29 is 9.66 Å². The first kappa shape index (κ1) is 12.9. The minimum absolute atomic E-state index is 0.0423. The van der Waals surface area contributed by atoms with Gasteiger partial charge in [0.05, 0.1) is 34.5 Å². The Balaban J connectivity index is 2.18. The van der Waals surface area contributed by atoms with Crippen molar-refractivity contribution in [1.82, 2.24) is 9.78 Å². The van der Waals surface area contributed by atoms with Crippen molar-refractivity contribution >= 4 is 23.1 Å². The van der Waals surface area contributed by atoms with Crippen molar-refractivity contribution in [2.24, 2.45) is 0 Å². The van der Waals surface area contributed by atoms with Gasteiger partial charge < -0.3 is 10.5 Å². The van der Waals surface area contributed by atoms with E-state index in [1.165, 1.54) is 18.2 Å². The number of halogens is 1. The zero-order valence-electron chi connectivity index (χ0n) is 10.4. The van der Waals surface area contributed by atoms with Gasteiger partial charge in [-0.25, -0.2) is 4.68 Å². The second-order valence-corrected chi connectivity index (χ2v) is 4.82. The molecule has 1 aromatic carbocycles. The van der Waals surface area contributed by atoms with Crippen LogP contribution in [0.4, 0.5) is 11.5 Å². The molecule has 0 radical (unpaired) electrons. The molecular weight excluding hydrogens is 284 g/mol. The third kappa shape index (κ3) is 2.00. The molecule has 0 aliphatic carbocycles. The van der Waals surface area contributed by atoms with Crippen LogP contribution in [0.2, 0.25) is 5.02 Å². The fourth-order valence-corrected chi connectivity index (χ4v) is 2.44. The van der Waals surface area contributed by atoms with E-state index >= 15 is 0 Å². The molecule has 0 bridgehead atoms. The molecule has 1 aliphatic rings. The van der Waals surface area contributed by atoms with E-state index in [1.807, 2.05) is 0 Å². The van der Waals surface area contributed by atoms with Crippen LogP contribution < -0.4 is 5.73 Å². The average molecular weight is 295 g/mol. The van der Waals surface area contributed by atoms with Crippen LogP contribution in [0.25, 0.3) is 5.69 Å². The molecule has 2 N–H and O–H groups in total. The molecule has 0 saturated carbocycles. The van der Waals surface area contributed by atoms with Crippen molar-refractivity contribution in [3.05, 3.63) is 44.6 Å². The molecule has 1 aromatic heterocycles. The number of nitrogens with zero attached hydrogens (tertiary/aromatic N) is 3. The Kier molecular flexibility index (Phi) is 3.07. The molecular formula is C12H11ClN4O3. The second kappa shape index (κ2) is 4.77. The topological polar surface area (TPSA) is 96.2 Å². The van der Waals surface area contributed by atoms with E-state index in [9.17, 15) is 10.1 Å². The molecule has 0 saturated heterocycles. The van der Waals surface area contributed by atoms with Gasteiger partial charge in [-0.2, -0.15) is 0 Å². The zero-order valence-corrected chi connectivity index (χ0v) is 11.1. The summed E-state index contributed by atoms with van der Waals surface area (Å²) >= 11 is 6.13. The Bertz CT molecular complexity index is 698. The predicted octanol–water partition coefficient (Wildman–Crippen LogP) is 2.09. The van der Waals surface area contributed by atoms with Gasteiger partial charge in [-0.15, -0.1) is 5.10 Å². The standard InChI is InChI=1S/C12H11ClN4O3/c13-9-2-1-7(17(18)19)5-11(9)16-10-3-4-20-6-8(10)12(14)15-16/h1-2,5H,3-4,6H2,(H2,14,15). The molecule has 0 amide bonds. The number of non-ortho nitro benzene ring substituents is 1. The smallest absolute Gasteiger partial charge is 0.271 e. The van der Waals surface area contributed by atoms with Crippen molar-refractivity contribution in [1.29, 1.82) is 0 Å². The second-order valence-electron chi connectivity index (χ2n) is 4.42. The van der Waals surface area contributed by atoms with E-state index in [0.29, 0.717) is 36.2 Å². The Morgan fingerprint density at radius 1 is 1.50 bits per heavy atom. The van der Waals surface area contributed by atoms with Crippen LogP contribution in [0.5, 0.6) is 0 Å². The summed E-state index contributed by atoms with van der Waals surface area (Å²) in [5.74, 6) is 0.363. The van der Waals surface area contributed by atoms with Crippen LogP contribution in [-0.2, 0) is 17.8 Å². The predicted molar refractivity (Wildman–Crippen MR) is 73.0 cm³/mol. The monoisotopic (exact) mass is 294 g/mol. The summed E-state index contributed by atoms with van der Waals surface area (Å²) in [7, 11) is 0. The molecule has 1 aliphatic heterocycles. The number of nitrogen functional groups attached to an aromatic ring is 1. The molecule has 104 valence electrons. The highest BCUT2D eigenvalue weighted by Gasteiger charge is 2.22. The highest BCUT2D eigenvalue weighted by molar-refractivity contribution is 6.32. The Labute approximate surface area is 119 Å². The SMILES string of the molecule is Nc1nn(-c2cc([N+](=O)[O-])ccc2Cl)c2c1COCC2. The molecule has 0 spiro atoms. The highest BCUT2D eigenvalue weighted by atomic mass is 35.5. The van der Waals surface area contributed by atoms with Crippen LogP contribution in [0, 0.1) is 10.1 Å². The van der Waals surface area contributed by atoms with Crippen molar-refractivity contribution in [3.8, 4) is 5.69 Å². The van der Waals surface area contributed by atoms with Gasteiger partial charge in [0.15, 0.2) is 5.82 Å². The maximum Gasteiger partial charge on any atom is 0.271 e. The summed E-state index contributed by atoms with van der Waals surface area (Å²) < 4.78 is 6.92. The molecule has 0 atom stereocenters. The number of rotatable bonds is 2. The van der Waals surface area contributed by atoms with E-state index in [2.05, 4.69) is 5.10 Å². The lowest BCUT2D eigenvalue weighted by Gasteiger charge is -2.15. The van der Waals surface area contributed by atoms with E-state index in [1.54, 1.807) is 4.68 Å². The van der Waals surface area contributed by atoms with Gasteiger partial charge in [-0.05, 0) is 6.07 Å². The summed E-state index contributed by atoms with van der Waals surface area (Å²) in [4.78, 5) is 10.4. The fourth-order valence-electron chi connectivity index (χ4n) is 2.24. The first-order valence-electron chi connectivity index (χ1n) is 5.96. The van der Waals surface area contributed by atoms with Gasteiger partial charge in [0.25, 0.3) is 5.69 Å².